The summed E-state index contributed by atoms with van der Waals surface area (Å²) in [5.74, 6) is -1.31. The van der Waals surface area contributed by atoms with Crippen LogP contribution in [0, 0.1) is 19.3 Å². The second kappa shape index (κ2) is 6.65. The summed E-state index contributed by atoms with van der Waals surface area (Å²) in [6.45, 7) is 9.29. The minimum absolute atomic E-state index is 0.124. The zero-order chi connectivity index (χ0) is 19.9. The molecule has 27 heavy (non-hydrogen) atoms. The van der Waals surface area contributed by atoms with E-state index in [4.69, 9.17) is 0 Å². The largest absolute Gasteiger partial charge is 0.503 e. The average Bonchev–Trinajstić information content (AvgIpc) is 2.88. The second-order valence-electron chi connectivity index (χ2n) is 7.97. The molecule has 0 fully saturated rings. The molecule has 0 bridgehead atoms. The quantitative estimate of drug-likeness (QED) is 0.885. The van der Waals surface area contributed by atoms with Gasteiger partial charge in [0.2, 0.25) is 0 Å². The van der Waals surface area contributed by atoms with Crippen LogP contribution in [0.25, 0.3) is 0 Å². The van der Waals surface area contributed by atoms with Crippen molar-refractivity contribution in [1.82, 2.24) is 4.98 Å². The maximum atomic E-state index is 13.1. The molecule has 0 saturated heterocycles. The molecule has 1 aromatic heterocycles. The minimum atomic E-state index is -0.733. The van der Waals surface area contributed by atoms with Gasteiger partial charge in [-0.1, -0.05) is 32.9 Å². The van der Waals surface area contributed by atoms with E-state index in [9.17, 15) is 14.7 Å². The Labute approximate surface area is 159 Å². The number of anilines is 1. The number of pyridine rings is 1. The number of benzene rings is 1. The van der Waals surface area contributed by atoms with E-state index in [1.54, 1.807) is 39.2 Å². The van der Waals surface area contributed by atoms with Crippen LogP contribution >= 0.6 is 0 Å². The van der Waals surface area contributed by atoms with Crippen LogP contribution in [0.3, 0.4) is 0 Å². The predicted molar refractivity (Wildman–Crippen MR) is 104 cm³/mol. The van der Waals surface area contributed by atoms with Crippen LogP contribution in [0.15, 0.2) is 54.1 Å². The van der Waals surface area contributed by atoms with Crippen molar-refractivity contribution < 1.29 is 14.7 Å². The normalized spacial score (nSPS) is 17.6. The van der Waals surface area contributed by atoms with Gasteiger partial charge >= 0.3 is 0 Å². The predicted octanol–water partition coefficient (Wildman–Crippen LogP) is 4.21. The fraction of sp³-hybridized carbons (Fsp3) is 0.318. The lowest BCUT2D eigenvalue weighted by atomic mass is 9.82. The number of amides is 1. The Morgan fingerprint density at radius 3 is 2.41 bits per heavy atom. The Kier molecular flexibility index (Phi) is 4.64. The van der Waals surface area contributed by atoms with Crippen molar-refractivity contribution in [3.05, 3.63) is 70.7 Å². The molecule has 1 atom stereocenters. The van der Waals surface area contributed by atoms with E-state index in [1.165, 1.54) is 4.90 Å². The zero-order valence-corrected chi connectivity index (χ0v) is 16.3. The van der Waals surface area contributed by atoms with E-state index in [0.717, 1.165) is 11.1 Å². The zero-order valence-electron chi connectivity index (χ0n) is 16.3. The maximum Gasteiger partial charge on any atom is 0.294 e. The number of carbonyl (C=O) groups is 2. The third-order valence-electron chi connectivity index (χ3n) is 4.90. The second-order valence-corrected chi connectivity index (χ2v) is 7.97. The van der Waals surface area contributed by atoms with Crippen LogP contribution in [-0.2, 0) is 9.59 Å². The molecule has 0 saturated carbocycles. The monoisotopic (exact) mass is 364 g/mol. The fourth-order valence-electron chi connectivity index (χ4n) is 3.24. The van der Waals surface area contributed by atoms with Gasteiger partial charge in [0.25, 0.3) is 5.91 Å². The highest BCUT2D eigenvalue weighted by Crippen LogP contribution is 2.43. The highest BCUT2D eigenvalue weighted by atomic mass is 16.3. The number of aliphatic hydroxyl groups is 1. The van der Waals surface area contributed by atoms with E-state index in [-0.39, 0.29) is 11.4 Å². The Morgan fingerprint density at radius 2 is 1.85 bits per heavy atom. The Bertz CT molecular complexity index is 940. The van der Waals surface area contributed by atoms with Crippen molar-refractivity contribution in [2.45, 2.75) is 40.7 Å². The molecule has 0 aliphatic carbocycles. The van der Waals surface area contributed by atoms with Gasteiger partial charge in [0, 0.05) is 23.5 Å². The molecule has 2 aromatic rings. The molecule has 1 unspecified atom stereocenters. The number of aromatic nitrogens is 1. The van der Waals surface area contributed by atoms with Crippen molar-refractivity contribution in [1.29, 1.82) is 0 Å². The third-order valence-corrected chi connectivity index (χ3v) is 4.90. The molecule has 140 valence electrons. The van der Waals surface area contributed by atoms with E-state index in [2.05, 4.69) is 4.98 Å². The number of aliphatic hydroxyl groups excluding tert-OH is 1. The number of hydrogen-bond acceptors (Lipinski definition) is 4. The average molecular weight is 364 g/mol. The van der Waals surface area contributed by atoms with Gasteiger partial charge in [0.05, 0.1) is 11.6 Å². The molecular formula is C22H24N2O3. The third kappa shape index (κ3) is 3.25. The number of hydrogen-bond donors (Lipinski definition) is 1. The summed E-state index contributed by atoms with van der Waals surface area (Å²) in [6, 6.07) is 8.52. The van der Waals surface area contributed by atoms with Gasteiger partial charge in [-0.3, -0.25) is 19.5 Å². The molecule has 1 aliphatic rings. The van der Waals surface area contributed by atoms with Crippen molar-refractivity contribution in [2.75, 3.05) is 4.90 Å². The van der Waals surface area contributed by atoms with Crippen LogP contribution in [0.4, 0.5) is 5.69 Å². The number of nitrogens with zero attached hydrogens (tertiary/aromatic N) is 2. The Balaban J connectivity index is 2.21. The highest BCUT2D eigenvalue weighted by molar-refractivity contribution is 6.17. The SMILES string of the molecule is Cc1ccc(N2C(=O)C(O)=C(C(=O)C(C)(C)C)C2c2cccnc2)cc1C. The molecule has 5 nitrogen and oxygen atoms in total. The first kappa shape index (κ1) is 18.8. The van der Waals surface area contributed by atoms with Gasteiger partial charge in [0.15, 0.2) is 11.5 Å². The van der Waals surface area contributed by atoms with Gasteiger partial charge in [-0.15, -0.1) is 0 Å². The van der Waals surface area contributed by atoms with Gasteiger partial charge in [-0.2, -0.15) is 0 Å². The summed E-state index contributed by atoms with van der Waals surface area (Å²) in [5, 5.41) is 10.6. The van der Waals surface area contributed by atoms with E-state index in [1.807, 2.05) is 38.1 Å². The fourth-order valence-corrected chi connectivity index (χ4v) is 3.24. The van der Waals surface area contributed by atoms with E-state index >= 15 is 0 Å². The van der Waals surface area contributed by atoms with Crippen LogP contribution < -0.4 is 4.90 Å². The van der Waals surface area contributed by atoms with Crippen molar-refractivity contribution >= 4 is 17.4 Å². The molecular weight excluding hydrogens is 340 g/mol. The molecule has 5 heteroatoms. The highest BCUT2D eigenvalue weighted by Gasteiger charge is 2.46. The summed E-state index contributed by atoms with van der Waals surface area (Å²) < 4.78 is 0. The van der Waals surface area contributed by atoms with Gasteiger partial charge < -0.3 is 5.11 Å². The number of ketones is 1. The molecule has 2 heterocycles. The van der Waals surface area contributed by atoms with Gasteiger partial charge in [-0.25, -0.2) is 0 Å². The smallest absolute Gasteiger partial charge is 0.294 e. The first-order valence-electron chi connectivity index (χ1n) is 8.91. The van der Waals surface area contributed by atoms with Crippen LogP contribution in [0.5, 0.6) is 0 Å². The molecule has 1 aromatic carbocycles. The number of Topliss-reactive ketones (excluding diaryl/α,β-unsaturated/α-hetero) is 1. The number of rotatable bonds is 3. The first-order chi connectivity index (χ1) is 12.6. The Hall–Kier alpha value is -2.95. The maximum absolute atomic E-state index is 13.1. The minimum Gasteiger partial charge on any atom is -0.503 e. The lowest BCUT2D eigenvalue weighted by Gasteiger charge is -2.29. The molecule has 0 spiro atoms. The molecule has 3 rings (SSSR count). The standard InChI is InChI=1S/C22H24N2O3/c1-13-8-9-16(11-14(13)2)24-18(15-7-6-10-23-12-15)17(19(25)21(24)27)20(26)22(3,4)5/h6-12,18,25H,1-5H3. The number of aryl methyl sites for hydroxylation is 2. The van der Waals surface area contributed by atoms with Crippen LogP contribution in [0.1, 0.15) is 43.5 Å². The van der Waals surface area contributed by atoms with E-state index in [0.29, 0.717) is 11.3 Å². The van der Waals surface area contributed by atoms with Crippen molar-refractivity contribution in [2.24, 2.45) is 5.41 Å². The molecule has 1 aliphatic heterocycles. The molecule has 1 amide bonds. The van der Waals surface area contributed by atoms with Crippen LogP contribution in [0.2, 0.25) is 0 Å². The lowest BCUT2D eigenvalue weighted by Crippen LogP contribution is -2.33. The van der Waals surface area contributed by atoms with Crippen molar-refractivity contribution in [3.63, 3.8) is 0 Å². The summed E-state index contributed by atoms with van der Waals surface area (Å²) in [4.78, 5) is 31.7. The molecule has 0 radical (unpaired) electrons. The summed E-state index contributed by atoms with van der Waals surface area (Å²) in [6.07, 6.45) is 3.26. The van der Waals surface area contributed by atoms with Gasteiger partial charge in [-0.05, 0) is 48.7 Å². The molecule has 1 N–H and O–H groups in total. The number of carbonyl (C=O) groups excluding carboxylic acids is 2. The van der Waals surface area contributed by atoms with E-state index < -0.39 is 23.1 Å². The van der Waals surface area contributed by atoms with Crippen LogP contribution in [-0.4, -0.2) is 21.8 Å². The summed E-state index contributed by atoms with van der Waals surface area (Å²) in [7, 11) is 0. The van der Waals surface area contributed by atoms with Crippen molar-refractivity contribution in [3.8, 4) is 0 Å². The summed E-state index contributed by atoms with van der Waals surface area (Å²) >= 11 is 0. The summed E-state index contributed by atoms with van der Waals surface area (Å²) in [5.41, 5.74) is 2.84. The van der Waals surface area contributed by atoms with Gasteiger partial charge in [0.1, 0.15) is 0 Å². The topological polar surface area (TPSA) is 70.5 Å². The first-order valence-corrected chi connectivity index (χ1v) is 8.91. The Morgan fingerprint density at radius 1 is 1.15 bits per heavy atom. The lowest BCUT2D eigenvalue weighted by molar-refractivity contribution is -0.123.